The van der Waals surface area contributed by atoms with Gasteiger partial charge in [0, 0.05) is 18.4 Å². The molecule has 1 heterocycles. The largest absolute Gasteiger partial charge is 0.487 e. The van der Waals surface area contributed by atoms with Crippen molar-refractivity contribution in [2.45, 2.75) is 31.8 Å². The van der Waals surface area contributed by atoms with Crippen LogP contribution in [0.3, 0.4) is 0 Å². The highest BCUT2D eigenvalue weighted by atomic mass is 79.9. The molecule has 0 fully saturated rings. The van der Waals surface area contributed by atoms with Crippen molar-refractivity contribution in [1.29, 1.82) is 5.26 Å². The first-order valence-corrected chi connectivity index (χ1v) is 12.0. The van der Waals surface area contributed by atoms with Gasteiger partial charge in [0.1, 0.15) is 29.8 Å². The molecule has 0 bridgehead atoms. The van der Waals surface area contributed by atoms with E-state index < -0.39 is 5.92 Å². The molecule has 2 N–H and O–H groups in total. The molecule has 9 heteroatoms. The molecule has 5 nitrogen and oxygen atoms in total. The lowest BCUT2D eigenvalue weighted by Gasteiger charge is -2.31. The Kier molecular flexibility index (Phi) is 6.87. The van der Waals surface area contributed by atoms with Crippen LogP contribution in [0.15, 0.2) is 62.1 Å². The highest BCUT2D eigenvalue weighted by Gasteiger charge is 2.38. The molecule has 1 aliphatic carbocycles. The van der Waals surface area contributed by atoms with Gasteiger partial charge in [0.15, 0.2) is 5.78 Å². The molecule has 2 aromatic carbocycles. The number of hydrogen-bond acceptors (Lipinski definition) is 5. The Morgan fingerprint density at radius 2 is 1.88 bits per heavy atom. The second-order valence-corrected chi connectivity index (χ2v) is 9.91. The van der Waals surface area contributed by atoms with Gasteiger partial charge >= 0.3 is 0 Å². The van der Waals surface area contributed by atoms with Gasteiger partial charge in [0.05, 0.1) is 24.9 Å². The fraction of sp³-hybridized carbons (Fsp3) is 0.217. The third kappa shape index (κ3) is 4.42. The summed E-state index contributed by atoms with van der Waals surface area (Å²) in [7, 11) is 0. The fourth-order valence-electron chi connectivity index (χ4n) is 3.86. The molecule has 0 saturated carbocycles. The lowest BCUT2D eigenvalue weighted by molar-refractivity contribution is -0.116. The number of ether oxygens (including phenoxy) is 2. The monoisotopic (exact) mass is 596 g/mol. The topological polar surface area (TPSA) is 85.3 Å². The zero-order valence-electron chi connectivity index (χ0n) is 16.6. The van der Waals surface area contributed by atoms with Crippen molar-refractivity contribution in [1.82, 2.24) is 0 Å². The van der Waals surface area contributed by atoms with Crippen molar-refractivity contribution in [2.24, 2.45) is 5.73 Å². The molecule has 0 radical (unpaired) electrons. The minimum absolute atomic E-state index is 0.0244. The molecule has 2 aliphatic rings. The summed E-state index contributed by atoms with van der Waals surface area (Å²) in [5.74, 6) is 0.552. The van der Waals surface area contributed by atoms with E-state index in [4.69, 9.17) is 38.4 Å². The SMILES string of the molecule is N#CC1=C(N)OC2=C(C(=O)CCC2)[C@@H]1c1cc(Br)c(OCc2ccc(Cl)c(Cl)c2)c(Br)c1. The zero-order chi connectivity index (χ0) is 23.0. The van der Waals surface area contributed by atoms with E-state index in [0.717, 1.165) is 11.1 Å². The van der Waals surface area contributed by atoms with Crippen molar-refractivity contribution in [3.63, 3.8) is 0 Å². The number of rotatable bonds is 4. The number of nitriles is 1. The summed E-state index contributed by atoms with van der Waals surface area (Å²) in [6.45, 7) is 0.273. The fourth-order valence-corrected chi connectivity index (χ4v) is 5.63. The average Bonchev–Trinajstić information content (AvgIpc) is 2.74. The van der Waals surface area contributed by atoms with Gasteiger partial charge in [-0.3, -0.25) is 4.79 Å². The molecule has 164 valence electrons. The van der Waals surface area contributed by atoms with Crippen LogP contribution >= 0.6 is 55.1 Å². The maximum Gasteiger partial charge on any atom is 0.205 e. The third-order valence-corrected chi connectivity index (χ3v) is 7.24. The highest BCUT2D eigenvalue weighted by molar-refractivity contribution is 9.11. The molecule has 4 rings (SSSR count). The first-order valence-electron chi connectivity index (χ1n) is 9.69. The van der Waals surface area contributed by atoms with E-state index in [1.165, 1.54) is 0 Å². The number of carbonyl (C=O) groups excluding carboxylic acids is 1. The van der Waals surface area contributed by atoms with Crippen molar-refractivity contribution in [2.75, 3.05) is 0 Å². The molecular formula is C23H16Br2Cl2N2O3. The van der Waals surface area contributed by atoms with Gasteiger partial charge in [-0.1, -0.05) is 29.3 Å². The number of carbonyl (C=O) groups is 1. The van der Waals surface area contributed by atoms with Crippen LogP contribution in [-0.4, -0.2) is 5.78 Å². The Bertz CT molecular complexity index is 1210. The predicted octanol–water partition coefficient (Wildman–Crippen LogP) is 6.91. The van der Waals surface area contributed by atoms with Crippen LogP contribution in [0.4, 0.5) is 0 Å². The number of benzene rings is 2. The van der Waals surface area contributed by atoms with E-state index in [-0.39, 0.29) is 23.8 Å². The molecular weight excluding hydrogens is 583 g/mol. The summed E-state index contributed by atoms with van der Waals surface area (Å²) in [5.41, 5.74) is 8.35. The Hall–Kier alpha value is -1.98. The molecule has 0 unspecified atom stereocenters. The van der Waals surface area contributed by atoms with Crippen LogP contribution in [-0.2, 0) is 16.1 Å². The number of nitrogens with zero attached hydrogens (tertiary/aromatic N) is 1. The van der Waals surface area contributed by atoms with E-state index >= 15 is 0 Å². The number of hydrogen-bond donors (Lipinski definition) is 1. The summed E-state index contributed by atoms with van der Waals surface area (Å²) in [4.78, 5) is 12.7. The molecule has 0 spiro atoms. The first kappa shape index (κ1) is 23.2. The van der Waals surface area contributed by atoms with E-state index in [9.17, 15) is 10.1 Å². The van der Waals surface area contributed by atoms with Crippen molar-refractivity contribution in [3.05, 3.63) is 83.2 Å². The molecule has 0 aromatic heterocycles. The second-order valence-electron chi connectivity index (χ2n) is 7.39. The van der Waals surface area contributed by atoms with Crippen molar-refractivity contribution < 1.29 is 14.3 Å². The van der Waals surface area contributed by atoms with Crippen molar-refractivity contribution in [3.8, 4) is 11.8 Å². The number of nitrogens with two attached hydrogens (primary N) is 1. The minimum atomic E-state index is -0.590. The summed E-state index contributed by atoms with van der Waals surface area (Å²) >= 11 is 19.2. The highest BCUT2D eigenvalue weighted by Crippen LogP contribution is 2.46. The Balaban J connectivity index is 1.69. The van der Waals surface area contributed by atoms with Gasteiger partial charge in [0.2, 0.25) is 5.88 Å². The van der Waals surface area contributed by atoms with Gasteiger partial charge in [-0.05, 0) is 73.7 Å². The number of ketones is 1. The van der Waals surface area contributed by atoms with E-state index in [1.807, 2.05) is 18.2 Å². The molecule has 2 aromatic rings. The first-order chi connectivity index (χ1) is 15.3. The molecule has 0 amide bonds. The summed E-state index contributed by atoms with van der Waals surface area (Å²) in [6.07, 6.45) is 1.74. The predicted molar refractivity (Wildman–Crippen MR) is 129 cm³/mol. The summed E-state index contributed by atoms with van der Waals surface area (Å²) < 4.78 is 12.9. The van der Waals surface area contributed by atoms with Gasteiger partial charge < -0.3 is 15.2 Å². The minimum Gasteiger partial charge on any atom is -0.487 e. The van der Waals surface area contributed by atoms with Crippen LogP contribution in [0.1, 0.15) is 36.3 Å². The van der Waals surface area contributed by atoms with Crippen LogP contribution < -0.4 is 10.5 Å². The van der Waals surface area contributed by atoms with Gasteiger partial charge in [-0.2, -0.15) is 5.26 Å². The van der Waals surface area contributed by atoms with Gasteiger partial charge in [-0.15, -0.1) is 0 Å². The summed E-state index contributed by atoms with van der Waals surface area (Å²) in [6, 6.07) is 11.1. The van der Waals surface area contributed by atoms with E-state index in [2.05, 4.69) is 37.9 Å². The lowest BCUT2D eigenvalue weighted by atomic mass is 9.77. The Morgan fingerprint density at radius 3 is 2.53 bits per heavy atom. The number of halogens is 4. The quantitative estimate of drug-likeness (QED) is 0.413. The van der Waals surface area contributed by atoms with Crippen molar-refractivity contribution >= 4 is 60.8 Å². The van der Waals surface area contributed by atoms with E-state index in [0.29, 0.717) is 55.3 Å². The smallest absolute Gasteiger partial charge is 0.205 e. The normalized spacial score (nSPS) is 18.2. The molecule has 32 heavy (non-hydrogen) atoms. The van der Waals surface area contributed by atoms with Gasteiger partial charge in [-0.25, -0.2) is 0 Å². The maximum absolute atomic E-state index is 12.7. The maximum atomic E-state index is 12.7. The average molecular weight is 599 g/mol. The zero-order valence-corrected chi connectivity index (χ0v) is 21.2. The number of allylic oxidation sites excluding steroid dienone is 3. The van der Waals surface area contributed by atoms with Crippen LogP contribution in [0.5, 0.6) is 5.75 Å². The number of Topliss-reactive ketones (excluding diaryl/α,β-unsaturated/α-hetero) is 1. The molecule has 0 saturated heterocycles. The van der Waals surface area contributed by atoms with Crippen LogP contribution in [0.2, 0.25) is 10.0 Å². The van der Waals surface area contributed by atoms with Crippen LogP contribution in [0.25, 0.3) is 0 Å². The third-order valence-electron chi connectivity index (χ3n) is 5.33. The molecule has 1 atom stereocenters. The standard InChI is InChI=1S/C23H16Br2Cl2N2O3/c24-14-7-12(8-15(25)22(14)31-10-11-4-5-16(26)17(27)6-11)20-13(9-28)23(29)32-19-3-1-2-18(30)21(19)20/h4-8,20H,1-3,10,29H2/t20-/m1/s1. The van der Waals surface area contributed by atoms with Gasteiger partial charge in [0.25, 0.3) is 0 Å². The van der Waals surface area contributed by atoms with Crippen LogP contribution in [0, 0.1) is 11.3 Å². The molecule has 1 aliphatic heterocycles. The summed E-state index contributed by atoms with van der Waals surface area (Å²) in [5, 5.41) is 10.7. The lowest BCUT2D eigenvalue weighted by Crippen LogP contribution is -2.27. The Morgan fingerprint density at radius 1 is 1.16 bits per heavy atom. The Labute approximate surface area is 212 Å². The second kappa shape index (κ2) is 9.48. The van der Waals surface area contributed by atoms with E-state index in [1.54, 1.807) is 12.1 Å².